The van der Waals surface area contributed by atoms with Gasteiger partial charge in [-0.15, -0.1) is 0 Å². The predicted octanol–water partition coefficient (Wildman–Crippen LogP) is 4.84. The molecule has 1 aliphatic carbocycles. The van der Waals surface area contributed by atoms with Crippen molar-refractivity contribution in [2.75, 3.05) is 13.7 Å². The maximum Gasteiger partial charge on any atom is 0.432 e. The number of alkyl halides is 3. The van der Waals surface area contributed by atoms with Crippen molar-refractivity contribution in [1.29, 1.82) is 0 Å². The number of benzene rings is 1. The molecule has 9 heteroatoms. The quantitative estimate of drug-likeness (QED) is 0.328. The molecular weight excluding hydrogens is 453 g/mol. The number of hydrogen-bond donors (Lipinski definition) is 0. The molecule has 3 rings (SSSR count). The molecule has 0 radical (unpaired) electrons. The van der Waals surface area contributed by atoms with E-state index in [4.69, 9.17) is 19.2 Å². The fourth-order valence-electron chi connectivity index (χ4n) is 4.62. The molecule has 1 aliphatic heterocycles. The molecule has 0 unspecified atom stereocenters. The molecule has 186 valence electrons. The van der Waals surface area contributed by atoms with Gasteiger partial charge in [0.2, 0.25) is 0 Å². The van der Waals surface area contributed by atoms with Crippen LogP contribution in [0.15, 0.2) is 54.1 Å². The third-order valence-corrected chi connectivity index (χ3v) is 6.86. The van der Waals surface area contributed by atoms with E-state index in [0.29, 0.717) is 12.0 Å². The van der Waals surface area contributed by atoms with Gasteiger partial charge in [0.1, 0.15) is 18.3 Å². The number of hydrogen-bond acceptors (Lipinski definition) is 6. The molecule has 1 heterocycles. The van der Waals surface area contributed by atoms with E-state index in [2.05, 4.69) is 0 Å². The van der Waals surface area contributed by atoms with Crippen LogP contribution in [-0.4, -0.2) is 43.4 Å². The first-order valence-corrected chi connectivity index (χ1v) is 10.9. The Hall–Kier alpha value is -2.49. The zero-order valence-corrected chi connectivity index (χ0v) is 19.8. The molecule has 0 aromatic heterocycles. The van der Waals surface area contributed by atoms with Crippen LogP contribution in [0.5, 0.6) is 0 Å². The largest absolute Gasteiger partial charge is 0.459 e. The monoisotopic (exact) mass is 482 g/mol. The summed E-state index contributed by atoms with van der Waals surface area (Å²) in [5.74, 6) is -1.78. The van der Waals surface area contributed by atoms with Crippen LogP contribution < -0.4 is 0 Å². The first-order valence-electron chi connectivity index (χ1n) is 10.9. The molecule has 0 saturated carbocycles. The molecule has 4 atom stereocenters. The van der Waals surface area contributed by atoms with E-state index in [1.807, 2.05) is 20.8 Å². The van der Waals surface area contributed by atoms with Crippen LogP contribution in [0.1, 0.15) is 39.7 Å². The topological polar surface area (TPSA) is 71.1 Å². The van der Waals surface area contributed by atoms with Crippen molar-refractivity contribution >= 4 is 11.8 Å². The van der Waals surface area contributed by atoms with Crippen molar-refractivity contribution in [2.24, 2.45) is 11.3 Å². The highest BCUT2D eigenvalue weighted by atomic mass is 19.4. The maximum atomic E-state index is 14.0. The van der Waals surface area contributed by atoms with Gasteiger partial charge in [0.05, 0.1) is 0 Å². The first-order chi connectivity index (χ1) is 15.8. The normalized spacial score (nSPS) is 28.7. The lowest BCUT2D eigenvalue weighted by Gasteiger charge is -2.49. The number of carbonyl (C=O) groups is 2. The van der Waals surface area contributed by atoms with Gasteiger partial charge in [-0.3, -0.25) is 4.79 Å². The van der Waals surface area contributed by atoms with Gasteiger partial charge < -0.3 is 9.47 Å². The van der Waals surface area contributed by atoms with E-state index in [9.17, 15) is 22.8 Å². The standard InChI is InChI=1S/C25H29F3O6/c1-16(18-15-19-22(2,3)20(29)11-13-23(19,4)34-33-18)12-14-32-21(30)24(31-5,25(26,27)28)17-9-7-6-8-10-17/h6-13,18-19H,14-15H2,1-5H3/b16-12+/t18-,19+,23+,24+/m1/s1. The minimum absolute atomic E-state index is 0.0150. The second-order valence-corrected chi connectivity index (χ2v) is 9.36. The number of esters is 1. The molecule has 2 aliphatic rings. The highest BCUT2D eigenvalue weighted by molar-refractivity contribution is 5.96. The molecule has 0 bridgehead atoms. The summed E-state index contributed by atoms with van der Waals surface area (Å²) in [6, 6.07) is 6.61. The average molecular weight is 482 g/mol. The van der Waals surface area contributed by atoms with Crippen molar-refractivity contribution in [1.82, 2.24) is 0 Å². The van der Waals surface area contributed by atoms with Gasteiger partial charge in [-0.25, -0.2) is 14.6 Å². The van der Waals surface area contributed by atoms with Crippen LogP contribution in [0.3, 0.4) is 0 Å². The Bertz CT molecular complexity index is 984. The Morgan fingerprint density at radius 2 is 1.85 bits per heavy atom. The number of rotatable bonds is 6. The number of halogens is 3. The molecule has 1 saturated heterocycles. The van der Waals surface area contributed by atoms with Gasteiger partial charge in [0.15, 0.2) is 5.78 Å². The fraction of sp³-hybridized carbons (Fsp3) is 0.520. The summed E-state index contributed by atoms with van der Waals surface area (Å²) in [5, 5.41) is 0. The van der Waals surface area contributed by atoms with Gasteiger partial charge in [0, 0.05) is 24.0 Å². The molecular formula is C25H29F3O6. The summed E-state index contributed by atoms with van der Waals surface area (Å²) >= 11 is 0. The van der Waals surface area contributed by atoms with E-state index in [1.165, 1.54) is 30.4 Å². The van der Waals surface area contributed by atoms with Gasteiger partial charge in [-0.2, -0.15) is 13.2 Å². The Morgan fingerprint density at radius 3 is 2.44 bits per heavy atom. The Morgan fingerprint density at radius 1 is 1.21 bits per heavy atom. The van der Waals surface area contributed by atoms with Crippen LogP contribution in [-0.2, 0) is 34.4 Å². The molecule has 6 nitrogen and oxygen atoms in total. The number of ether oxygens (including phenoxy) is 2. The number of carbonyl (C=O) groups excluding carboxylic acids is 2. The summed E-state index contributed by atoms with van der Waals surface area (Å²) in [5.41, 5.74) is -4.49. The Kier molecular flexibility index (Phi) is 7.13. The maximum absolute atomic E-state index is 14.0. The van der Waals surface area contributed by atoms with E-state index in [0.717, 1.165) is 19.2 Å². The lowest BCUT2D eigenvalue weighted by Crippen LogP contribution is -2.55. The molecule has 0 spiro atoms. The number of fused-ring (bicyclic) bond motifs is 1. The van der Waals surface area contributed by atoms with Crippen molar-refractivity contribution in [3.63, 3.8) is 0 Å². The molecule has 34 heavy (non-hydrogen) atoms. The van der Waals surface area contributed by atoms with Crippen LogP contribution in [0.4, 0.5) is 13.2 Å². The number of ketones is 1. The van der Waals surface area contributed by atoms with E-state index >= 15 is 0 Å². The number of methoxy groups -OCH3 is 1. The SMILES string of the molecule is CO[C@](C(=O)OC/C=C(\C)[C@H]1C[C@H]2C(C)(C)C(=O)C=C[C@]2(C)OO1)(c1ccccc1)C(F)(F)F. The highest BCUT2D eigenvalue weighted by Gasteiger charge is 2.64. The predicted molar refractivity (Wildman–Crippen MR) is 116 cm³/mol. The minimum atomic E-state index is -5.05. The Balaban J connectivity index is 1.74. The highest BCUT2D eigenvalue weighted by Crippen LogP contribution is 2.49. The molecule has 1 aromatic carbocycles. The minimum Gasteiger partial charge on any atom is -0.459 e. The summed E-state index contributed by atoms with van der Waals surface area (Å²) in [6.07, 6.45) is -0.505. The summed E-state index contributed by atoms with van der Waals surface area (Å²) < 4.78 is 51.7. The average Bonchev–Trinajstić information content (AvgIpc) is 2.77. The van der Waals surface area contributed by atoms with Crippen LogP contribution in [0, 0.1) is 11.3 Å². The summed E-state index contributed by atoms with van der Waals surface area (Å²) in [4.78, 5) is 36.2. The van der Waals surface area contributed by atoms with Gasteiger partial charge in [0.25, 0.3) is 5.60 Å². The molecule has 0 amide bonds. The van der Waals surface area contributed by atoms with Gasteiger partial charge in [-0.05, 0) is 44.1 Å². The van der Waals surface area contributed by atoms with Crippen LogP contribution in [0.25, 0.3) is 0 Å². The fourth-order valence-corrected chi connectivity index (χ4v) is 4.62. The third-order valence-electron chi connectivity index (χ3n) is 6.86. The van der Waals surface area contributed by atoms with Gasteiger partial charge in [-0.1, -0.05) is 44.2 Å². The van der Waals surface area contributed by atoms with Crippen molar-refractivity contribution in [2.45, 2.75) is 57.6 Å². The second-order valence-electron chi connectivity index (χ2n) is 9.36. The van der Waals surface area contributed by atoms with E-state index in [1.54, 1.807) is 13.0 Å². The van der Waals surface area contributed by atoms with Crippen molar-refractivity contribution < 1.29 is 42.0 Å². The lowest BCUT2D eigenvalue weighted by molar-refractivity contribution is -0.406. The first kappa shape index (κ1) is 26.1. The van der Waals surface area contributed by atoms with Gasteiger partial charge >= 0.3 is 12.1 Å². The van der Waals surface area contributed by atoms with Crippen molar-refractivity contribution in [3.05, 3.63) is 59.7 Å². The smallest absolute Gasteiger partial charge is 0.432 e. The molecule has 1 fully saturated rings. The van der Waals surface area contributed by atoms with Crippen LogP contribution in [0.2, 0.25) is 0 Å². The second kappa shape index (κ2) is 9.28. The van der Waals surface area contributed by atoms with Crippen LogP contribution >= 0.6 is 0 Å². The number of allylic oxidation sites excluding steroid dienone is 1. The molecule has 0 N–H and O–H groups in total. The summed E-state index contributed by atoms with van der Waals surface area (Å²) in [6.45, 7) is 6.80. The van der Waals surface area contributed by atoms with E-state index < -0.39 is 41.5 Å². The third kappa shape index (κ3) is 4.44. The van der Waals surface area contributed by atoms with Crippen molar-refractivity contribution in [3.8, 4) is 0 Å². The molecule has 1 aromatic rings. The zero-order chi connectivity index (χ0) is 25.4. The Labute approximate surface area is 196 Å². The lowest BCUT2D eigenvalue weighted by atomic mass is 9.62. The van der Waals surface area contributed by atoms with E-state index in [-0.39, 0.29) is 17.3 Å². The zero-order valence-electron chi connectivity index (χ0n) is 19.8. The summed E-state index contributed by atoms with van der Waals surface area (Å²) in [7, 11) is 0.814.